The number of anilines is 1. The molecule has 0 aliphatic carbocycles. The number of amides is 1. The van der Waals surface area contributed by atoms with Gasteiger partial charge in [0.1, 0.15) is 11.6 Å². The number of hydrogen-bond acceptors (Lipinski definition) is 4. The highest BCUT2D eigenvalue weighted by atomic mass is 35.5. The first-order valence-corrected chi connectivity index (χ1v) is 10.9. The number of carbonyl (C=O) groups is 1. The van der Waals surface area contributed by atoms with Crippen molar-refractivity contribution in [2.45, 2.75) is 20.3 Å². The van der Waals surface area contributed by atoms with Gasteiger partial charge in [-0.05, 0) is 67.8 Å². The van der Waals surface area contributed by atoms with Gasteiger partial charge in [0.25, 0.3) is 11.5 Å². The summed E-state index contributed by atoms with van der Waals surface area (Å²) in [4.78, 5) is 29.1. The Kier molecular flexibility index (Phi) is 6.28. The average Bonchev–Trinajstić information content (AvgIpc) is 3.04. The second-order valence-corrected chi connectivity index (χ2v) is 8.38. The Balaban J connectivity index is 1.53. The zero-order chi connectivity index (χ0) is 22.8. The average molecular weight is 455 g/mol. The van der Waals surface area contributed by atoms with Gasteiger partial charge in [-0.15, -0.1) is 5.10 Å². The number of aryl methyl sites for hydroxylation is 2. The SMILES string of the molecule is Cc1ccc(-n2nc(N3CCCN(C(=O)c4ccc(F)c(Cl)c4)CC3)ccc2=O)cc1C. The Labute approximate surface area is 190 Å². The lowest BCUT2D eigenvalue weighted by Crippen LogP contribution is -2.36. The fourth-order valence-corrected chi connectivity index (χ4v) is 3.95. The van der Waals surface area contributed by atoms with E-state index < -0.39 is 5.82 Å². The fraction of sp³-hybridized carbons (Fsp3) is 0.292. The Bertz CT molecular complexity index is 1230. The third-order valence-electron chi connectivity index (χ3n) is 5.79. The molecule has 2 aromatic carbocycles. The van der Waals surface area contributed by atoms with Crippen LogP contribution in [0.4, 0.5) is 10.2 Å². The summed E-state index contributed by atoms with van der Waals surface area (Å²) in [7, 11) is 0. The topological polar surface area (TPSA) is 58.4 Å². The summed E-state index contributed by atoms with van der Waals surface area (Å²) in [5, 5.41) is 4.53. The summed E-state index contributed by atoms with van der Waals surface area (Å²) in [5.74, 6) is -0.0426. The fourth-order valence-electron chi connectivity index (χ4n) is 3.77. The molecule has 6 nitrogen and oxygen atoms in total. The molecule has 0 atom stereocenters. The largest absolute Gasteiger partial charge is 0.353 e. The summed E-state index contributed by atoms with van der Waals surface area (Å²) in [5.41, 5.74) is 3.13. The van der Waals surface area contributed by atoms with Crippen molar-refractivity contribution in [2.75, 3.05) is 31.1 Å². The molecule has 0 N–H and O–H groups in total. The minimum atomic E-state index is -0.546. The van der Waals surface area contributed by atoms with E-state index in [1.807, 2.05) is 32.0 Å². The molecule has 3 aromatic rings. The number of aromatic nitrogens is 2. The lowest BCUT2D eigenvalue weighted by Gasteiger charge is -2.23. The number of carbonyl (C=O) groups excluding carboxylic acids is 1. The van der Waals surface area contributed by atoms with Crippen molar-refractivity contribution in [1.29, 1.82) is 0 Å². The van der Waals surface area contributed by atoms with Crippen LogP contribution in [0.3, 0.4) is 0 Å². The zero-order valence-electron chi connectivity index (χ0n) is 18.0. The van der Waals surface area contributed by atoms with Gasteiger partial charge < -0.3 is 9.80 Å². The third kappa shape index (κ3) is 4.53. The van der Waals surface area contributed by atoms with Crippen LogP contribution in [-0.2, 0) is 0 Å². The Morgan fingerprint density at radius 1 is 0.969 bits per heavy atom. The van der Waals surface area contributed by atoms with Gasteiger partial charge in [-0.25, -0.2) is 4.39 Å². The second-order valence-electron chi connectivity index (χ2n) is 7.97. The number of rotatable bonds is 3. The Morgan fingerprint density at radius 2 is 1.78 bits per heavy atom. The molecule has 2 heterocycles. The standard InChI is InChI=1S/C24H24ClFN4O2/c1-16-4-6-19(14-17(16)2)30-23(31)9-8-22(27-30)28-10-3-11-29(13-12-28)24(32)18-5-7-21(26)20(25)15-18/h4-9,14-15H,3,10-13H2,1-2H3. The van der Waals surface area contributed by atoms with Crippen molar-refractivity contribution in [3.05, 3.63) is 86.4 Å². The second kappa shape index (κ2) is 9.12. The molecule has 4 rings (SSSR count). The van der Waals surface area contributed by atoms with Crippen molar-refractivity contribution < 1.29 is 9.18 Å². The molecule has 1 aromatic heterocycles. The van der Waals surface area contributed by atoms with Crippen LogP contribution in [0.5, 0.6) is 0 Å². The molecule has 32 heavy (non-hydrogen) atoms. The predicted octanol–water partition coefficient (Wildman–Crippen LogP) is 3.99. The van der Waals surface area contributed by atoms with E-state index in [4.69, 9.17) is 11.6 Å². The Morgan fingerprint density at radius 3 is 2.53 bits per heavy atom. The highest BCUT2D eigenvalue weighted by molar-refractivity contribution is 6.31. The predicted molar refractivity (Wildman–Crippen MR) is 123 cm³/mol. The van der Waals surface area contributed by atoms with E-state index in [1.54, 1.807) is 11.0 Å². The lowest BCUT2D eigenvalue weighted by molar-refractivity contribution is 0.0767. The van der Waals surface area contributed by atoms with Gasteiger partial charge in [0, 0.05) is 37.8 Å². The minimum Gasteiger partial charge on any atom is -0.353 e. The first kappa shape index (κ1) is 22.0. The zero-order valence-corrected chi connectivity index (χ0v) is 18.8. The van der Waals surface area contributed by atoms with Gasteiger partial charge in [-0.3, -0.25) is 9.59 Å². The van der Waals surface area contributed by atoms with Crippen LogP contribution in [0.1, 0.15) is 27.9 Å². The lowest BCUT2D eigenvalue weighted by atomic mass is 10.1. The van der Waals surface area contributed by atoms with Crippen LogP contribution < -0.4 is 10.5 Å². The molecule has 166 valence electrons. The molecule has 1 saturated heterocycles. The van der Waals surface area contributed by atoms with Crippen LogP contribution >= 0.6 is 11.6 Å². The van der Waals surface area contributed by atoms with Gasteiger partial charge >= 0.3 is 0 Å². The maximum absolute atomic E-state index is 13.4. The van der Waals surface area contributed by atoms with Crippen LogP contribution in [0.25, 0.3) is 5.69 Å². The van der Waals surface area contributed by atoms with Gasteiger partial charge in [-0.1, -0.05) is 17.7 Å². The van der Waals surface area contributed by atoms with E-state index in [2.05, 4.69) is 10.00 Å². The van der Waals surface area contributed by atoms with Crippen molar-refractivity contribution in [3.63, 3.8) is 0 Å². The van der Waals surface area contributed by atoms with Crippen molar-refractivity contribution in [1.82, 2.24) is 14.7 Å². The molecule has 1 fully saturated rings. The van der Waals surface area contributed by atoms with Crippen LogP contribution in [0.2, 0.25) is 5.02 Å². The molecule has 1 amide bonds. The molecule has 0 unspecified atom stereocenters. The van der Waals surface area contributed by atoms with Crippen LogP contribution in [0.15, 0.2) is 53.3 Å². The molecule has 0 spiro atoms. The highest BCUT2D eigenvalue weighted by Crippen LogP contribution is 2.19. The van der Waals surface area contributed by atoms with Crippen LogP contribution in [0, 0.1) is 19.7 Å². The molecule has 0 radical (unpaired) electrons. The molecule has 0 bridgehead atoms. The van der Waals surface area contributed by atoms with Crippen molar-refractivity contribution in [3.8, 4) is 5.69 Å². The van der Waals surface area contributed by atoms with Crippen molar-refractivity contribution >= 4 is 23.3 Å². The number of benzene rings is 2. The normalized spacial score (nSPS) is 14.4. The first-order valence-electron chi connectivity index (χ1n) is 10.5. The quantitative estimate of drug-likeness (QED) is 0.600. The van der Waals surface area contributed by atoms with Crippen LogP contribution in [-0.4, -0.2) is 46.8 Å². The molecular formula is C24H24ClFN4O2. The van der Waals surface area contributed by atoms with E-state index >= 15 is 0 Å². The molecule has 0 saturated carbocycles. The summed E-state index contributed by atoms with van der Waals surface area (Å²) in [6, 6.07) is 13.1. The van der Waals surface area contributed by atoms with Gasteiger partial charge in [-0.2, -0.15) is 4.68 Å². The van der Waals surface area contributed by atoms with Gasteiger partial charge in [0.05, 0.1) is 10.7 Å². The molecular weight excluding hydrogens is 431 g/mol. The maximum Gasteiger partial charge on any atom is 0.271 e. The highest BCUT2D eigenvalue weighted by Gasteiger charge is 2.22. The monoisotopic (exact) mass is 454 g/mol. The maximum atomic E-state index is 13.4. The summed E-state index contributed by atoms with van der Waals surface area (Å²) in [6.07, 6.45) is 0.741. The van der Waals surface area contributed by atoms with E-state index in [0.717, 1.165) is 23.2 Å². The van der Waals surface area contributed by atoms with Crippen molar-refractivity contribution in [2.24, 2.45) is 0 Å². The summed E-state index contributed by atoms with van der Waals surface area (Å²) < 4.78 is 14.9. The number of hydrogen-bond donors (Lipinski definition) is 0. The first-order chi connectivity index (χ1) is 15.3. The molecule has 1 aliphatic heterocycles. The van der Waals surface area contributed by atoms with Gasteiger partial charge in [0.2, 0.25) is 0 Å². The number of nitrogens with zero attached hydrogens (tertiary/aromatic N) is 4. The van der Waals surface area contributed by atoms with Gasteiger partial charge in [0.15, 0.2) is 0 Å². The van der Waals surface area contributed by atoms with E-state index in [1.165, 1.54) is 28.9 Å². The smallest absolute Gasteiger partial charge is 0.271 e. The third-order valence-corrected chi connectivity index (χ3v) is 6.08. The summed E-state index contributed by atoms with van der Waals surface area (Å²) >= 11 is 5.84. The summed E-state index contributed by atoms with van der Waals surface area (Å²) in [6.45, 7) is 6.35. The van der Waals surface area contributed by atoms with E-state index in [0.29, 0.717) is 37.6 Å². The molecule has 8 heteroatoms. The Hall–Kier alpha value is -3.19. The molecule has 1 aliphatic rings. The van der Waals surface area contributed by atoms with E-state index in [9.17, 15) is 14.0 Å². The minimum absolute atomic E-state index is 0.0647. The number of halogens is 2. The van der Waals surface area contributed by atoms with E-state index in [-0.39, 0.29) is 16.5 Å².